The summed E-state index contributed by atoms with van der Waals surface area (Å²) in [5.74, 6) is -1.81. The van der Waals surface area contributed by atoms with Crippen LogP contribution in [0, 0.1) is 5.41 Å². The van der Waals surface area contributed by atoms with E-state index in [0.717, 1.165) is 11.3 Å². The number of esters is 1. The van der Waals surface area contributed by atoms with Gasteiger partial charge in [-0.05, 0) is 36.2 Å². The Morgan fingerprint density at radius 3 is 2.34 bits per heavy atom. The fraction of sp³-hybridized carbons (Fsp3) is 0.207. The molecule has 0 amide bonds. The number of ether oxygens (including phenoxy) is 1. The monoisotopic (exact) mass is 483 g/mol. The predicted octanol–water partition coefficient (Wildman–Crippen LogP) is 5.34. The van der Waals surface area contributed by atoms with Crippen molar-refractivity contribution in [1.82, 2.24) is 0 Å². The first-order valence-electron chi connectivity index (χ1n) is 11.7. The lowest BCUT2D eigenvalue weighted by molar-refractivity contribution is -0.145. The number of benzene rings is 3. The van der Waals surface area contributed by atoms with Crippen molar-refractivity contribution in [3.63, 3.8) is 0 Å². The van der Waals surface area contributed by atoms with Crippen molar-refractivity contribution in [2.45, 2.75) is 24.9 Å². The van der Waals surface area contributed by atoms with Gasteiger partial charge in [0.15, 0.2) is 11.6 Å². The molecule has 0 saturated carbocycles. The summed E-state index contributed by atoms with van der Waals surface area (Å²) in [4.78, 5) is 44.2. The molecule has 35 heavy (non-hydrogen) atoms. The maximum absolute atomic E-state index is 14.3. The summed E-state index contributed by atoms with van der Waals surface area (Å²) in [5.41, 5.74) is 1.61. The van der Waals surface area contributed by atoms with Crippen LogP contribution >= 0.6 is 11.6 Å². The zero-order valence-corrected chi connectivity index (χ0v) is 19.7. The minimum Gasteiger partial charge on any atom is -0.464 e. The van der Waals surface area contributed by atoms with E-state index in [1.807, 2.05) is 47.4 Å². The Hall–Kier alpha value is -3.70. The molecule has 0 radical (unpaired) electrons. The third-order valence-corrected chi connectivity index (χ3v) is 7.68. The van der Waals surface area contributed by atoms with Crippen molar-refractivity contribution in [3.8, 4) is 0 Å². The molecule has 3 aromatic rings. The van der Waals surface area contributed by atoms with E-state index in [0.29, 0.717) is 21.7 Å². The Kier molecular flexibility index (Phi) is 4.94. The van der Waals surface area contributed by atoms with Gasteiger partial charge in [-0.2, -0.15) is 0 Å². The molecule has 0 bridgehead atoms. The highest BCUT2D eigenvalue weighted by Gasteiger charge is 2.72. The molecule has 174 valence electrons. The molecule has 1 saturated heterocycles. The number of para-hydroxylation sites is 1. The number of fused-ring (bicyclic) bond motifs is 5. The SMILES string of the molecule is CCOC(=O)C1C(c2cccc(Cl)c2)C2(C(=O)c3ccccc3C2=O)C2C=Cc3ccccc3N12. The Morgan fingerprint density at radius 2 is 1.66 bits per heavy atom. The van der Waals surface area contributed by atoms with E-state index in [1.165, 1.54) is 0 Å². The normalized spacial score (nSPS) is 23.3. The van der Waals surface area contributed by atoms with Gasteiger partial charge in [0.25, 0.3) is 0 Å². The molecule has 1 aliphatic carbocycles. The average molecular weight is 484 g/mol. The molecule has 3 atom stereocenters. The summed E-state index contributed by atoms with van der Waals surface area (Å²) in [6.07, 6.45) is 3.82. The van der Waals surface area contributed by atoms with Crippen LogP contribution in [0.2, 0.25) is 5.02 Å². The highest BCUT2D eigenvalue weighted by Crippen LogP contribution is 2.60. The lowest BCUT2D eigenvalue weighted by Crippen LogP contribution is -2.48. The van der Waals surface area contributed by atoms with E-state index in [2.05, 4.69) is 0 Å². The molecule has 6 heteroatoms. The number of halogens is 1. The Bertz CT molecular complexity index is 1390. The van der Waals surface area contributed by atoms with Crippen molar-refractivity contribution in [1.29, 1.82) is 0 Å². The number of hydrogen-bond donors (Lipinski definition) is 0. The zero-order valence-electron chi connectivity index (χ0n) is 19.0. The first-order chi connectivity index (χ1) is 17.0. The summed E-state index contributed by atoms with van der Waals surface area (Å²) in [5, 5.41) is 0.469. The second-order valence-corrected chi connectivity index (χ2v) is 9.51. The Morgan fingerprint density at radius 1 is 0.971 bits per heavy atom. The van der Waals surface area contributed by atoms with Gasteiger partial charge >= 0.3 is 5.97 Å². The summed E-state index contributed by atoms with van der Waals surface area (Å²) >= 11 is 6.39. The molecule has 3 aliphatic rings. The zero-order chi connectivity index (χ0) is 24.3. The number of hydrogen-bond acceptors (Lipinski definition) is 5. The van der Waals surface area contributed by atoms with Crippen LogP contribution in [0.4, 0.5) is 5.69 Å². The molecule has 6 rings (SSSR count). The van der Waals surface area contributed by atoms with Crippen LogP contribution in [-0.4, -0.2) is 36.2 Å². The first kappa shape index (κ1) is 21.8. The third-order valence-electron chi connectivity index (χ3n) is 7.45. The van der Waals surface area contributed by atoms with Crippen molar-refractivity contribution in [3.05, 3.63) is 106 Å². The number of carbonyl (C=O) groups excluding carboxylic acids is 3. The third kappa shape index (κ3) is 2.85. The molecule has 3 unspecified atom stereocenters. The van der Waals surface area contributed by atoms with Gasteiger partial charge in [0.1, 0.15) is 11.5 Å². The summed E-state index contributed by atoms with van der Waals surface area (Å²) < 4.78 is 5.56. The number of Topliss-reactive ketones (excluding diaryl/α,β-unsaturated/α-hetero) is 2. The fourth-order valence-electron chi connectivity index (χ4n) is 6.19. The van der Waals surface area contributed by atoms with E-state index in [4.69, 9.17) is 16.3 Å². The van der Waals surface area contributed by atoms with Crippen LogP contribution in [0.25, 0.3) is 6.08 Å². The van der Waals surface area contributed by atoms with Crippen LogP contribution in [0.1, 0.15) is 44.7 Å². The van der Waals surface area contributed by atoms with Crippen LogP contribution in [0.3, 0.4) is 0 Å². The molecule has 1 fully saturated rings. The lowest BCUT2D eigenvalue weighted by Gasteiger charge is -2.36. The second kappa shape index (κ2) is 7.92. The first-order valence-corrected chi connectivity index (χ1v) is 12.0. The number of anilines is 1. The van der Waals surface area contributed by atoms with Crippen molar-refractivity contribution < 1.29 is 19.1 Å². The second-order valence-electron chi connectivity index (χ2n) is 9.07. The van der Waals surface area contributed by atoms with Gasteiger partial charge in [-0.25, -0.2) is 4.79 Å². The van der Waals surface area contributed by atoms with E-state index in [-0.39, 0.29) is 18.2 Å². The molecule has 1 spiro atoms. The fourth-order valence-corrected chi connectivity index (χ4v) is 6.39. The van der Waals surface area contributed by atoms with Gasteiger partial charge in [-0.15, -0.1) is 0 Å². The molecular formula is C29H22ClNO4. The summed E-state index contributed by atoms with van der Waals surface area (Å²) in [6.45, 7) is 1.93. The van der Waals surface area contributed by atoms with Crippen LogP contribution in [0.15, 0.2) is 78.9 Å². The molecule has 2 heterocycles. The largest absolute Gasteiger partial charge is 0.464 e. The molecule has 3 aromatic carbocycles. The maximum atomic E-state index is 14.3. The molecule has 0 N–H and O–H groups in total. The van der Waals surface area contributed by atoms with Crippen molar-refractivity contribution in [2.75, 3.05) is 11.5 Å². The maximum Gasteiger partial charge on any atom is 0.329 e. The van der Waals surface area contributed by atoms with Crippen LogP contribution in [0.5, 0.6) is 0 Å². The van der Waals surface area contributed by atoms with Gasteiger partial charge in [0.2, 0.25) is 0 Å². The molecule has 2 aliphatic heterocycles. The van der Waals surface area contributed by atoms with Gasteiger partial charge in [0.05, 0.1) is 12.6 Å². The molecular weight excluding hydrogens is 462 g/mol. The smallest absolute Gasteiger partial charge is 0.329 e. The molecule has 5 nitrogen and oxygen atoms in total. The number of carbonyl (C=O) groups is 3. The minimum absolute atomic E-state index is 0.183. The van der Waals surface area contributed by atoms with Crippen molar-refractivity contribution >= 4 is 40.9 Å². The van der Waals surface area contributed by atoms with Gasteiger partial charge in [-0.3, -0.25) is 9.59 Å². The standard InChI is InChI=1S/C29H22ClNO4/c1-2-35-28(34)25-24(18-9-7-10-19(30)16-18)29(26(32)20-11-4-5-12-21(20)27(29)33)23-15-14-17-8-3-6-13-22(17)31(23)25/h3-16,23-25H,2H2,1H3. The summed E-state index contributed by atoms with van der Waals surface area (Å²) in [6, 6.07) is 20.2. The topological polar surface area (TPSA) is 63.7 Å². The molecule has 0 aromatic heterocycles. The summed E-state index contributed by atoms with van der Waals surface area (Å²) in [7, 11) is 0. The van der Waals surface area contributed by atoms with E-state index >= 15 is 0 Å². The van der Waals surface area contributed by atoms with E-state index < -0.39 is 29.4 Å². The Balaban J connectivity index is 1.68. The Labute approximate surface area is 208 Å². The lowest BCUT2D eigenvalue weighted by atomic mass is 9.65. The van der Waals surface area contributed by atoms with Gasteiger partial charge in [0, 0.05) is 27.8 Å². The highest BCUT2D eigenvalue weighted by molar-refractivity contribution is 6.32. The predicted molar refractivity (Wildman–Crippen MR) is 134 cm³/mol. The van der Waals surface area contributed by atoms with Gasteiger partial charge in [-0.1, -0.05) is 78.4 Å². The minimum atomic E-state index is -1.53. The van der Waals surface area contributed by atoms with E-state index in [9.17, 15) is 14.4 Å². The quantitative estimate of drug-likeness (QED) is 0.372. The average Bonchev–Trinajstić information content (AvgIpc) is 3.31. The van der Waals surface area contributed by atoms with E-state index in [1.54, 1.807) is 49.4 Å². The van der Waals surface area contributed by atoms with Gasteiger partial charge < -0.3 is 9.64 Å². The van der Waals surface area contributed by atoms with Crippen LogP contribution in [-0.2, 0) is 9.53 Å². The number of rotatable bonds is 3. The number of nitrogens with zero attached hydrogens (tertiary/aromatic N) is 1. The van der Waals surface area contributed by atoms with Crippen molar-refractivity contribution in [2.24, 2.45) is 5.41 Å². The van der Waals surface area contributed by atoms with Crippen LogP contribution < -0.4 is 4.90 Å². The number of ketones is 2. The highest BCUT2D eigenvalue weighted by atomic mass is 35.5.